The van der Waals surface area contributed by atoms with E-state index in [2.05, 4.69) is 9.97 Å². The highest BCUT2D eigenvalue weighted by atomic mass is 35.5. The van der Waals surface area contributed by atoms with Crippen LogP contribution in [0.1, 0.15) is 0 Å². The third-order valence-electron chi connectivity index (χ3n) is 2.52. The van der Waals surface area contributed by atoms with Crippen LogP contribution in [0.25, 0.3) is 0 Å². The first-order valence-electron chi connectivity index (χ1n) is 5.27. The van der Waals surface area contributed by atoms with Crippen LogP contribution in [0.4, 0.5) is 17.5 Å². The Balaban J connectivity index is 2.34. The van der Waals surface area contributed by atoms with Gasteiger partial charge in [0.05, 0.1) is 13.3 Å². The molecule has 0 unspecified atom stereocenters. The van der Waals surface area contributed by atoms with Gasteiger partial charge in [-0.25, -0.2) is 4.98 Å². The molecule has 2 N–H and O–H groups in total. The molecule has 2 rings (SSSR count). The van der Waals surface area contributed by atoms with Gasteiger partial charge in [0.15, 0.2) is 5.82 Å². The Morgan fingerprint density at radius 3 is 2.56 bits per heavy atom. The van der Waals surface area contributed by atoms with Crippen LogP contribution in [0.3, 0.4) is 0 Å². The smallest absolute Gasteiger partial charge is 0.222 e. The molecule has 1 heterocycles. The minimum atomic E-state index is 0.190. The largest absolute Gasteiger partial charge is 0.497 e. The molecule has 5 nitrogen and oxygen atoms in total. The fourth-order valence-electron chi connectivity index (χ4n) is 1.53. The highest BCUT2D eigenvalue weighted by Crippen LogP contribution is 2.29. The molecule has 0 aliphatic carbocycles. The second-order valence-electron chi connectivity index (χ2n) is 3.66. The minimum Gasteiger partial charge on any atom is -0.497 e. The molecule has 0 bridgehead atoms. The van der Waals surface area contributed by atoms with Crippen molar-refractivity contribution >= 4 is 29.1 Å². The van der Waals surface area contributed by atoms with E-state index in [0.717, 1.165) is 11.4 Å². The summed E-state index contributed by atoms with van der Waals surface area (Å²) in [7, 11) is 3.48. The second kappa shape index (κ2) is 5.10. The Kier molecular flexibility index (Phi) is 3.53. The van der Waals surface area contributed by atoms with E-state index in [1.54, 1.807) is 7.11 Å². The van der Waals surface area contributed by atoms with Gasteiger partial charge in [-0.3, -0.25) is 0 Å². The quantitative estimate of drug-likeness (QED) is 0.923. The molecule has 0 aliphatic rings. The fraction of sp³-hybridized carbons (Fsp3) is 0.167. The van der Waals surface area contributed by atoms with Crippen molar-refractivity contribution in [2.24, 2.45) is 0 Å². The van der Waals surface area contributed by atoms with Crippen molar-refractivity contribution in [1.29, 1.82) is 0 Å². The highest BCUT2D eigenvalue weighted by Gasteiger charge is 2.11. The molecule has 0 radical (unpaired) electrons. The van der Waals surface area contributed by atoms with Gasteiger partial charge in [0.1, 0.15) is 10.8 Å². The third-order valence-corrected chi connectivity index (χ3v) is 2.79. The number of halogens is 1. The molecule has 0 aliphatic heterocycles. The van der Waals surface area contributed by atoms with Gasteiger partial charge in [-0.05, 0) is 24.3 Å². The van der Waals surface area contributed by atoms with E-state index in [1.165, 1.54) is 6.20 Å². The van der Waals surface area contributed by atoms with E-state index in [9.17, 15) is 0 Å². The van der Waals surface area contributed by atoms with Gasteiger partial charge < -0.3 is 15.4 Å². The molecular formula is C12H13ClN4O. The SMILES string of the molecule is COc1ccc(N(C)c2nc(N)ncc2Cl)cc1. The minimum absolute atomic E-state index is 0.190. The molecule has 2 aromatic rings. The molecule has 0 saturated carbocycles. The summed E-state index contributed by atoms with van der Waals surface area (Å²) >= 11 is 6.05. The molecule has 0 fully saturated rings. The molecule has 0 amide bonds. The standard InChI is InChI=1S/C12H13ClN4O/c1-17(8-3-5-9(18-2)6-4-8)11-10(13)7-15-12(14)16-11/h3-7H,1-2H3,(H2,14,15,16). The average molecular weight is 265 g/mol. The average Bonchev–Trinajstić information content (AvgIpc) is 2.41. The van der Waals surface area contributed by atoms with E-state index < -0.39 is 0 Å². The molecular weight excluding hydrogens is 252 g/mol. The summed E-state index contributed by atoms with van der Waals surface area (Å²) in [5.74, 6) is 1.55. The summed E-state index contributed by atoms with van der Waals surface area (Å²) in [6.45, 7) is 0. The first kappa shape index (κ1) is 12.4. The van der Waals surface area contributed by atoms with E-state index in [4.69, 9.17) is 22.1 Å². The molecule has 1 aromatic heterocycles. The Bertz CT molecular complexity index is 544. The Morgan fingerprint density at radius 1 is 1.28 bits per heavy atom. The zero-order chi connectivity index (χ0) is 13.1. The first-order chi connectivity index (χ1) is 8.61. The Morgan fingerprint density at radius 2 is 1.94 bits per heavy atom. The number of hydrogen-bond acceptors (Lipinski definition) is 5. The summed E-state index contributed by atoms with van der Waals surface area (Å²) in [5, 5.41) is 0.447. The number of anilines is 3. The maximum absolute atomic E-state index is 6.05. The number of nitrogens with zero attached hydrogens (tertiary/aromatic N) is 3. The summed E-state index contributed by atoms with van der Waals surface area (Å²) < 4.78 is 5.11. The van der Waals surface area contributed by atoms with Crippen LogP contribution in [0.15, 0.2) is 30.5 Å². The Hall–Kier alpha value is -2.01. The van der Waals surface area contributed by atoms with Crippen molar-refractivity contribution in [1.82, 2.24) is 9.97 Å². The lowest BCUT2D eigenvalue weighted by Crippen LogP contribution is -2.13. The molecule has 94 valence electrons. The number of benzene rings is 1. The van der Waals surface area contributed by atoms with E-state index >= 15 is 0 Å². The van der Waals surface area contributed by atoms with Crippen molar-refractivity contribution in [3.05, 3.63) is 35.5 Å². The number of aromatic nitrogens is 2. The lowest BCUT2D eigenvalue weighted by atomic mass is 10.3. The van der Waals surface area contributed by atoms with Gasteiger partial charge in [-0.15, -0.1) is 0 Å². The predicted octanol–water partition coefficient (Wildman–Crippen LogP) is 2.49. The summed E-state index contributed by atoms with van der Waals surface area (Å²) in [6.07, 6.45) is 1.49. The van der Waals surface area contributed by atoms with Crippen LogP contribution >= 0.6 is 11.6 Å². The van der Waals surface area contributed by atoms with Gasteiger partial charge in [-0.2, -0.15) is 4.98 Å². The van der Waals surface area contributed by atoms with Crippen molar-refractivity contribution in [3.63, 3.8) is 0 Å². The van der Waals surface area contributed by atoms with Crippen LogP contribution in [0.2, 0.25) is 5.02 Å². The second-order valence-corrected chi connectivity index (χ2v) is 4.06. The van der Waals surface area contributed by atoms with Crippen molar-refractivity contribution < 1.29 is 4.74 Å². The van der Waals surface area contributed by atoms with Crippen LogP contribution in [-0.2, 0) is 0 Å². The van der Waals surface area contributed by atoms with Gasteiger partial charge in [0.2, 0.25) is 5.95 Å². The maximum atomic E-state index is 6.05. The molecule has 0 saturated heterocycles. The lowest BCUT2D eigenvalue weighted by Gasteiger charge is -2.19. The Labute approximate surface area is 110 Å². The highest BCUT2D eigenvalue weighted by molar-refractivity contribution is 6.33. The van der Waals surface area contributed by atoms with Crippen molar-refractivity contribution in [2.45, 2.75) is 0 Å². The molecule has 1 aromatic carbocycles. The number of hydrogen-bond donors (Lipinski definition) is 1. The molecule has 6 heteroatoms. The number of nitrogen functional groups attached to an aromatic ring is 1. The normalized spacial score (nSPS) is 10.2. The maximum Gasteiger partial charge on any atom is 0.222 e. The summed E-state index contributed by atoms with van der Waals surface area (Å²) in [6, 6.07) is 7.55. The van der Waals surface area contributed by atoms with Crippen LogP contribution in [0, 0.1) is 0 Å². The number of rotatable bonds is 3. The van der Waals surface area contributed by atoms with Crippen LogP contribution in [0.5, 0.6) is 5.75 Å². The molecule has 0 spiro atoms. The zero-order valence-electron chi connectivity index (χ0n) is 10.1. The summed E-state index contributed by atoms with van der Waals surface area (Å²) in [5.41, 5.74) is 6.49. The number of methoxy groups -OCH3 is 1. The van der Waals surface area contributed by atoms with E-state index in [-0.39, 0.29) is 5.95 Å². The van der Waals surface area contributed by atoms with Crippen molar-refractivity contribution in [3.8, 4) is 5.75 Å². The van der Waals surface area contributed by atoms with Gasteiger partial charge in [0, 0.05) is 12.7 Å². The predicted molar refractivity (Wildman–Crippen MR) is 72.5 cm³/mol. The van der Waals surface area contributed by atoms with Crippen molar-refractivity contribution in [2.75, 3.05) is 24.8 Å². The van der Waals surface area contributed by atoms with Gasteiger partial charge in [0.25, 0.3) is 0 Å². The number of nitrogens with two attached hydrogens (primary N) is 1. The number of ether oxygens (including phenoxy) is 1. The molecule has 0 atom stereocenters. The van der Waals surface area contributed by atoms with Crippen LogP contribution < -0.4 is 15.4 Å². The molecule has 18 heavy (non-hydrogen) atoms. The lowest BCUT2D eigenvalue weighted by molar-refractivity contribution is 0.415. The van der Waals surface area contributed by atoms with Crippen LogP contribution in [-0.4, -0.2) is 24.1 Å². The van der Waals surface area contributed by atoms with Gasteiger partial charge in [-0.1, -0.05) is 11.6 Å². The fourth-order valence-corrected chi connectivity index (χ4v) is 1.75. The van der Waals surface area contributed by atoms with Gasteiger partial charge >= 0.3 is 0 Å². The summed E-state index contributed by atoms with van der Waals surface area (Å²) in [4.78, 5) is 9.79. The topological polar surface area (TPSA) is 64.3 Å². The monoisotopic (exact) mass is 264 g/mol. The van der Waals surface area contributed by atoms with E-state index in [1.807, 2.05) is 36.2 Å². The van der Waals surface area contributed by atoms with E-state index in [0.29, 0.717) is 10.8 Å². The zero-order valence-corrected chi connectivity index (χ0v) is 10.8. The first-order valence-corrected chi connectivity index (χ1v) is 5.65. The third kappa shape index (κ3) is 2.46.